The highest BCUT2D eigenvalue weighted by molar-refractivity contribution is 5.88. The minimum atomic E-state index is -1.38. The molecule has 0 saturated carbocycles. The fraction of sp³-hybridized carbons (Fsp3) is 0.385. The molecule has 1 aromatic heterocycles. The maximum Gasteiger partial charge on any atom is 0.371 e. The zero-order valence-electron chi connectivity index (χ0n) is 10.5. The molecule has 0 atom stereocenters. The number of ether oxygens (including phenoxy) is 1. The van der Waals surface area contributed by atoms with E-state index >= 15 is 0 Å². The number of carboxylic acids is 1. The molecule has 0 aliphatic carbocycles. The molecule has 0 saturated heterocycles. The van der Waals surface area contributed by atoms with Crippen molar-refractivity contribution in [1.29, 1.82) is 0 Å². The highest BCUT2D eigenvalue weighted by atomic mass is 16.5. The molecule has 98 valence electrons. The summed E-state index contributed by atoms with van der Waals surface area (Å²) in [6, 6.07) is 3.28. The van der Waals surface area contributed by atoms with Crippen LogP contribution in [0.2, 0.25) is 0 Å². The Labute approximate surface area is 106 Å². The number of carbonyl (C=O) groups is 1. The van der Waals surface area contributed by atoms with Crippen molar-refractivity contribution in [3.05, 3.63) is 29.8 Å². The molecule has 0 aromatic carbocycles. The first-order valence-corrected chi connectivity index (χ1v) is 5.72. The molecular formula is C13H17NO4. The van der Waals surface area contributed by atoms with Gasteiger partial charge >= 0.3 is 5.97 Å². The molecule has 5 heteroatoms. The summed E-state index contributed by atoms with van der Waals surface area (Å²) < 4.78 is 5.46. The molecule has 0 amide bonds. The van der Waals surface area contributed by atoms with E-state index in [0.717, 1.165) is 12.5 Å². The van der Waals surface area contributed by atoms with E-state index in [2.05, 4.69) is 18.8 Å². The average molecular weight is 251 g/mol. The summed E-state index contributed by atoms with van der Waals surface area (Å²) in [5, 5.41) is 17.5. The molecule has 0 bridgehead atoms. The molecule has 1 aromatic rings. The second-order valence-electron chi connectivity index (χ2n) is 4.28. The smallest absolute Gasteiger partial charge is 0.371 e. The van der Waals surface area contributed by atoms with Gasteiger partial charge in [0.25, 0.3) is 0 Å². The number of rotatable bonds is 6. The quantitative estimate of drug-likeness (QED) is 0.599. The Hall–Kier alpha value is -2.04. The van der Waals surface area contributed by atoms with Crippen LogP contribution in [0.1, 0.15) is 26.0 Å². The molecule has 0 aliphatic heterocycles. The first-order chi connectivity index (χ1) is 8.49. The number of aliphatic hydroxyl groups is 1. The first kappa shape index (κ1) is 14.0. The molecule has 18 heavy (non-hydrogen) atoms. The number of aliphatic hydroxyl groups excluding tert-OH is 1. The van der Waals surface area contributed by atoms with Crippen LogP contribution in [-0.2, 0) is 4.79 Å². The summed E-state index contributed by atoms with van der Waals surface area (Å²) in [6.45, 7) is 4.85. The zero-order valence-corrected chi connectivity index (χ0v) is 10.5. The number of aromatic nitrogens is 1. The van der Waals surface area contributed by atoms with Gasteiger partial charge in [-0.05, 0) is 24.5 Å². The number of carboxylic acid groups (broad SMARTS) is 1. The van der Waals surface area contributed by atoms with E-state index in [0.29, 0.717) is 24.0 Å². The topological polar surface area (TPSA) is 79.7 Å². The monoisotopic (exact) mass is 251 g/mol. The van der Waals surface area contributed by atoms with Crippen molar-refractivity contribution in [1.82, 2.24) is 4.98 Å². The second-order valence-corrected chi connectivity index (χ2v) is 4.28. The molecule has 2 N–H and O–H groups in total. The number of hydrogen-bond acceptors (Lipinski definition) is 4. The minimum Gasteiger partial charge on any atom is -0.502 e. The number of aliphatic carboxylic acids is 1. The van der Waals surface area contributed by atoms with Crippen LogP contribution in [-0.4, -0.2) is 27.8 Å². The van der Waals surface area contributed by atoms with E-state index in [1.165, 1.54) is 6.20 Å². The van der Waals surface area contributed by atoms with Crippen molar-refractivity contribution in [2.24, 2.45) is 5.92 Å². The molecule has 0 spiro atoms. The normalized spacial score (nSPS) is 11.6. The third-order valence-electron chi connectivity index (χ3n) is 2.23. The van der Waals surface area contributed by atoms with E-state index in [1.807, 2.05) is 0 Å². The lowest BCUT2D eigenvalue weighted by Gasteiger charge is -2.07. The van der Waals surface area contributed by atoms with Gasteiger partial charge in [-0.1, -0.05) is 13.8 Å². The van der Waals surface area contributed by atoms with Crippen LogP contribution in [0.5, 0.6) is 5.75 Å². The first-order valence-electron chi connectivity index (χ1n) is 5.72. The van der Waals surface area contributed by atoms with Crippen LogP contribution >= 0.6 is 0 Å². The lowest BCUT2D eigenvalue weighted by molar-refractivity contribution is -0.135. The third-order valence-corrected chi connectivity index (χ3v) is 2.23. The number of pyridine rings is 1. The van der Waals surface area contributed by atoms with Crippen molar-refractivity contribution in [2.45, 2.75) is 20.3 Å². The Bertz CT molecular complexity index is 423. The van der Waals surface area contributed by atoms with E-state index in [1.54, 1.807) is 12.1 Å². The Kier molecular flexibility index (Phi) is 5.17. The number of hydrogen-bond donors (Lipinski definition) is 2. The Morgan fingerprint density at radius 2 is 2.17 bits per heavy atom. The van der Waals surface area contributed by atoms with Crippen molar-refractivity contribution in [2.75, 3.05) is 6.61 Å². The Morgan fingerprint density at radius 1 is 1.44 bits per heavy atom. The van der Waals surface area contributed by atoms with E-state index in [-0.39, 0.29) is 0 Å². The Balaban J connectivity index is 2.58. The van der Waals surface area contributed by atoms with Gasteiger partial charge in [-0.25, -0.2) is 4.79 Å². The average Bonchev–Trinajstić information content (AvgIpc) is 2.30. The van der Waals surface area contributed by atoms with Gasteiger partial charge in [-0.3, -0.25) is 4.98 Å². The van der Waals surface area contributed by atoms with Crippen molar-refractivity contribution < 1.29 is 19.7 Å². The summed E-state index contributed by atoms with van der Waals surface area (Å²) in [7, 11) is 0. The van der Waals surface area contributed by atoms with Crippen molar-refractivity contribution in [3.63, 3.8) is 0 Å². The molecular weight excluding hydrogens is 234 g/mol. The number of nitrogens with zero attached hydrogens (tertiary/aromatic N) is 1. The van der Waals surface area contributed by atoms with Crippen LogP contribution in [0.25, 0.3) is 6.08 Å². The summed E-state index contributed by atoms with van der Waals surface area (Å²) in [6.07, 6.45) is 3.54. The van der Waals surface area contributed by atoms with Crippen LogP contribution in [0.3, 0.4) is 0 Å². The van der Waals surface area contributed by atoms with Crippen molar-refractivity contribution in [3.8, 4) is 5.75 Å². The van der Waals surface area contributed by atoms with E-state index in [9.17, 15) is 4.79 Å². The Morgan fingerprint density at radius 3 is 2.67 bits per heavy atom. The molecule has 0 unspecified atom stereocenters. The molecule has 0 radical (unpaired) electrons. The molecule has 0 aliphatic rings. The van der Waals surface area contributed by atoms with Gasteiger partial charge in [0, 0.05) is 6.08 Å². The second kappa shape index (κ2) is 6.64. The third kappa shape index (κ3) is 4.86. The predicted octanol–water partition coefficient (Wildman–Crippen LogP) is 2.49. The molecule has 1 rings (SSSR count). The molecule has 5 nitrogen and oxygen atoms in total. The lowest BCUT2D eigenvalue weighted by atomic mass is 10.1. The maximum atomic E-state index is 10.4. The highest BCUT2D eigenvalue weighted by Crippen LogP contribution is 2.12. The van der Waals surface area contributed by atoms with Gasteiger partial charge < -0.3 is 14.9 Å². The maximum absolute atomic E-state index is 10.4. The standard InChI is InChI=1S/C13H17NO4/c1-9(2)5-6-18-11-4-3-10(14-8-11)7-12(15)13(16)17/h3-4,7-9,15H,5-6H2,1-2H3,(H,16,17). The van der Waals surface area contributed by atoms with Crippen LogP contribution in [0.4, 0.5) is 0 Å². The van der Waals surface area contributed by atoms with Gasteiger partial charge in [-0.2, -0.15) is 0 Å². The summed E-state index contributed by atoms with van der Waals surface area (Å²) in [4.78, 5) is 14.4. The van der Waals surface area contributed by atoms with Gasteiger partial charge in [-0.15, -0.1) is 0 Å². The van der Waals surface area contributed by atoms with Gasteiger partial charge in [0.1, 0.15) is 5.75 Å². The molecule has 1 heterocycles. The van der Waals surface area contributed by atoms with Gasteiger partial charge in [0.2, 0.25) is 5.76 Å². The van der Waals surface area contributed by atoms with Gasteiger partial charge in [0.05, 0.1) is 18.5 Å². The van der Waals surface area contributed by atoms with Gasteiger partial charge in [0.15, 0.2) is 0 Å². The summed E-state index contributed by atoms with van der Waals surface area (Å²) >= 11 is 0. The van der Waals surface area contributed by atoms with Crippen LogP contribution < -0.4 is 4.74 Å². The fourth-order valence-electron chi connectivity index (χ4n) is 1.18. The van der Waals surface area contributed by atoms with Crippen LogP contribution in [0.15, 0.2) is 24.1 Å². The summed E-state index contributed by atoms with van der Waals surface area (Å²) in [5.74, 6) is -0.916. The highest BCUT2D eigenvalue weighted by Gasteiger charge is 2.04. The van der Waals surface area contributed by atoms with E-state index in [4.69, 9.17) is 14.9 Å². The van der Waals surface area contributed by atoms with E-state index < -0.39 is 11.7 Å². The predicted molar refractivity (Wildman–Crippen MR) is 67.4 cm³/mol. The SMILES string of the molecule is CC(C)CCOc1ccc(C=C(O)C(=O)O)nc1. The lowest BCUT2D eigenvalue weighted by Crippen LogP contribution is -2.02. The fourth-order valence-corrected chi connectivity index (χ4v) is 1.18. The van der Waals surface area contributed by atoms with Crippen molar-refractivity contribution >= 4 is 12.0 Å². The zero-order chi connectivity index (χ0) is 13.5. The summed E-state index contributed by atoms with van der Waals surface area (Å²) in [5.41, 5.74) is 0.367. The van der Waals surface area contributed by atoms with Crippen LogP contribution in [0, 0.1) is 5.92 Å². The molecule has 0 fully saturated rings. The largest absolute Gasteiger partial charge is 0.502 e. The minimum absolute atomic E-state index is 0.367.